The monoisotopic (exact) mass is 388 g/mol. The topological polar surface area (TPSA) is 57.7 Å². The van der Waals surface area contributed by atoms with Gasteiger partial charge in [0.2, 0.25) is 0 Å². The van der Waals surface area contributed by atoms with Crippen LogP contribution in [0.1, 0.15) is 10.4 Å². The lowest BCUT2D eigenvalue weighted by molar-refractivity contribution is 0.102. The number of hydrogen-bond acceptors (Lipinski definition) is 5. The normalized spacial score (nSPS) is 13.8. The van der Waals surface area contributed by atoms with Gasteiger partial charge in [0, 0.05) is 43.8 Å². The molecule has 0 aliphatic carbocycles. The van der Waals surface area contributed by atoms with E-state index in [1.165, 1.54) is 5.69 Å². The molecule has 29 heavy (non-hydrogen) atoms. The Bertz CT molecular complexity index is 952. The van der Waals surface area contributed by atoms with E-state index in [0.717, 1.165) is 43.3 Å². The van der Waals surface area contributed by atoms with Crippen molar-refractivity contribution in [2.24, 2.45) is 0 Å². The summed E-state index contributed by atoms with van der Waals surface area (Å²) >= 11 is 0. The van der Waals surface area contributed by atoms with Gasteiger partial charge >= 0.3 is 0 Å². The summed E-state index contributed by atoms with van der Waals surface area (Å²) in [5.41, 5.74) is 3.50. The Morgan fingerprint density at radius 3 is 2.21 bits per heavy atom. The first-order valence-corrected chi connectivity index (χ1v) is 9.68. The van der Waals surface area contributed by atoms with Gasteiger partial charge in [-0.3, -0.25) is 9.78 Å². The van der Waals surface area contributed by atoms with Gasteiger partial charge in [0.1, 0.15) is 5.75 Å². The Hall–Kier alpha value is -3.54. The molecule has 0 atom stereocenters. The van der Waals surface area contributed by atoms with E-state index in [1.807, 2.05) is 54.7 Å². The van der Waals surface area contributed by atoms with Crippen LogP contribution < -0.4 is 19.9 Å². The van der Waals surface area contributed by atoms with Gasteiger partial charge in [0.15, 0.2) is 0 Å². The van der Waals surface area contributed by atoms with Gasteiger partial charge in [-0.25, -0.2) is 0 Å². The number of piperazine rings is 1. The third-order valence-electron chi connectivity index (χ3n) is 5.10. The first-order valence-electron chi connectivity index (χ1n) is 9.68. The largest absolute Gasteiger partial charge is 0.497 e. The molecule has 1 aliphatic rings. The van der Waals surface area contributed by atoms with E-state index >= 15 is 0 Å². The number of carbonyl (C=O) groups excluding carboxylic acids is 1. The predicted octanol–water partition coefficient (Wildman–Crippen LogP) is 3.67. The van der Waals surface area contributed by atoms with Crippen molar-refractivity contribution in [3.05, 3.63) is 78.6 Å². The number of nitrogens with one attached hydrogen (secondary N) is 1. The molecular weight excluding hydrogens is 364 g/mol. The first kappa shape index (κ1) is 18.8. The highest BCUT2D eigenvalue weighted by Crippen LogP contribution is 2.23. The molecule has 148 valence electrons. The van der Waals surface area contributed by atoms with Gasteiger partial charge in [-0.05, 0) is 42.5 Å². The lowest BCUT2D eigenvalue weighted by atomic mass is 10.2. The molecular formula is C23H24N4O2. The van der Waals surface area contributed by atoms with Gasteiger partial charge in [-0.2, -0.15) is 0 Å². The quantitative estimate of drug-likeness (QED) is 0.723. The van der Waals surface area contributed by atoms with E-state index in [-0.39, 0.29) is 5.91 Å². The van der Waals surface area contributed by atoms with Crippen molar-refractivity contribution in [3.63, 3.8) is 0 Å². The third kappa shape index (κ3) is 4.48. The summed E-state index contributed by atoms with van der Waals surface area (Å²) in [6, 6.07) is 19.5. The molecule has 2 heterocycles. The second-order valence-electron chi connectivity index (χ2n) is 6.92. The fourth-order valence-electron chi connectivity index (χ4n) is 3.47. The van der Waals surface area contributed by atoms with Gasteiger partial charge in [-0.15, -0.1) is 0 Å². The SMILES string of the molecule is COc1ccc(N2CCN(c3cncc(C(=O)Nc4ccccc4)c3)CC2)cc1. The molecule has 6 nitrogen and oxygen atoms in total. The Morgan fingerprint density at radius 2 is 1.55 bits per heavy atom. The Balaban J connectivity index is 1.39. The van der Waals surface area contributed by atoms with Crippen molar-refractivity contribution in [2.45, 2.75) is 0 Å². The molecule has 6 heteroatoms. The molecule has 1 aromatic heterocycles. The number of methoxy groups -OCH3 is 1. The average Bonchev–Trinajstić information content (AvgIpc) is 2.80. The molecule has 0 unspecified atom stereocenters. The van der Waals surface area contributed by atoms with Crippen LogP contribution in [0.4, 0.5) is 17.1 Å². The molecule has 1 saturated heterocycles. The first-order chi connectivity index (χ1) is 14.2. The zero-order chi connectivity index (χ0) is 20.1. The van der Waals surface area contributed by atoms with Crippen molar-refractivity contribution in [1.29, 1.82) is 0 Å². The van der Waals surface area contributed by atoms with Crippen LogP contribution in [0.3, 0.4) is 0 Å². The van der Waals surface area contributed by atoms with Gasteiger partial charge in [0.05, 0.1) is 24.6 Å². The third-order valence-corrected chi connectivity index (χ3v) is 5.10. The van der Waals surface area contributed by atoms with Crippen LogP contribution in [0, 0.1) is 0 Å². The Kier molecular flexibility index (Phi) is 5.61. The molecule has 3 aromatic rings. The van der Waals surface area contributed by atoms with Crippen LogP contribution in [0.25, 0.3) is 0 Å². The van der Waals surface area contributed by atoms with Crippen LogP contribution in [-0.4, -0.2) is 44.2 Å². The lowest BCUT2D eigenvalue weighted by Crippen LogP contribution is -2.46. The smallest absolute Gasteiger partial charge is 0.257 e. The Morgan fingerprint density at radius 1 is 0.897 bits per heavy atom. The number of amides is 1. The summed E-state index contributed by atoms with van der Waals surface area (Å²) in [5, 5.41) is 2.91. The zero-order valence-corrected chi connectivity index (χ0v) is 16.4. The van der Waals surface area contributed by atoms with Crippen LogP contribution in [0.15, 0.2) is 73.1 Å². The number of hydrogen-bond donors (Lipinski definition) is 1. The summed E-state index contributed by atoms with van der Waals surface area (Å²) in [6.07, 6.45) is 3.43. The van der Waals surface area contributed by atoms with Crippen LogP contribution in [-0.2, 0) is 0 Å². The van der Waals surface area contributed by atoms with Crippen molar-refractivity contribution in [2.75, 3.05) is 48.4 Å². The maximum atomic E-state index is 12.6. The predicted molar refractivity (Wildman–Crippen MR) is 116 cm³/mol. The minimum Gasteiger partial charge on any atom is -0.497 e. The van der Waals surface area contributed by atoms with E-state index in [0.29, 0.717) is 5.56 Å². The van der Waals surface area contributed by atoms with E-state index in [9.17, 15) is 4.79 Å². The van der Waals surface area contributed by atoms with E-state index in [4.69, 9.17) is 4.74 Å². The Labute approximate surface area is 170 Å². The van der Waals surface area contributed by atoms with Crippen LogP contribution >= 0.6 is 0 Å². The highest BCUT2D eigenvalue weighted by Gasteiger charge is 2.19. The van der Waals surface area contributed by atoms with Crippen molar-refractivity contribution in [1.82, 2.24) is 4.98 Å². The number of pyridine rings is 1. The molecule has 1 amide bonds. The van der Waals surface area contributed by atoms with Gasteiger partial charge in [-0.1, -0.05) is 18.2 Å². The number of anilines is 3. The molecule has 4 rings (SSSR count). The van der Waals surface area contributed by atoms with Crippen molar-refractivity contribution in [3.8, 4) is 5.75 Å². The molecule has 1 aliphatic heterocycles. The number of nitrogens with zero attached hydrogens (tertiary/aromatic N) is 3. The molecule has 0 spiro atoms. The second kappa shape index (κ2) is 8.65. The number of rotatable bonds is 5. The molecule has 0 bridgehead atoms. The van der Waals surface area contributed by atoms with E-state index in [2.05, 4.69) is 32.2 Å². The summed E-state index contributed by atoms with van der Waals surface area (Å²) in [7, 11) is 1.68. The maximum absolute atomic E-state index is 12.6. The van der Waals surface area contributed by atoms with E-state index in [1.54, 1.807) is 13.3 Å². The summed E-state index contributed by atoms with van der Waals surface area (Å²) in [4.78, 5) is 21.5. The molecule has 1 N–H and O–H groups in total. The molecule has 0 saturated carbocycles. The second-order valence-corrected chi connectivity index (χ2v) is 6.92. The van der Waals surface area contributed by atoms with Gasteiger partial charge < -0.3 is 19.9 Å². The lowest BCUT2D eigenvalue weighted by Gasteiger charge is -2.37. The number of benzene rings is 2. The number of para-hydroxylation sites is 1. The summed E-state index contributed by atoms with van der Waals surface area (Å²) in [6.45, 7) is 3.56. The fourth-order valence-corrected chi connectivity index (χ4v) is 3.47. The highest BCUT2D eigenvalue weighted by atomic mass is 16.5. The number of aromatic nitrogens is 1. The summed E-state index contributed by atoms with van der Waals surface area (Å²) < 4.78 is 5.23. The molecule has 0 radical (unpaired) electrons. The molecule has 2 aromatic carbocycles. The van der Waals surface area contributed by atoms with Crippen molar-refractivity contribution >= 4 is 23.0 Å². The highest BCUT2D eigenvalue weighted by molar-refractivity contribution is 6.04. The number of carbonyl (C=O) groups is 1. The van der Waals surface area contributed by atoms with E-state index < -0.39 is 0 Å². The summed E-state index contributed by atoms with van der Waals surface area (Å²) in [5.74, 6) is 0.714. The number of ether oxygens (including phenoxy) is 1. The molecule has 1 fully saturated rings. The van der Waals surface area contributed by atoms with Crippen LogP contribution in [0.2, 0.25) is 0 Å². The minimum atomic E-state index is -0.151. The van der Waals surface area contributed by atoms with Crippen molar-refractivity contribution < 1.29 is 9.53 Å². The standard InChI is InChI=1S/C23H24N4O2/c1-29-22-9-7-20(8-10-22)26-11-13-27(14-12-26)21-15-18(16-24-17-21)23(28)25-19-5-3-2-4-6-19/h2-10,15-17H,11-14H2,1H3,(H,25,28). The average molecular weight is 388 g/mol. The maximum Gasteiger partial charge on any atom is 0.257 e. The minimum absolute atomic E-state index is 0.151. The van der Waals surface area contributed by atoms with Crippen LogP contribution in [0.5, 0.6) is 5.75 Å². The fraction of sp³-hybridized carbons (Fsp3) is 0.217. The zero-order valence-electron chi connectivity index (χ0n) is 16.4. The van der Waals surface area contributed by atoms with Gasteiger partial charge in [0.25, 0.3) is 5.91 Å².